The van der Waals surface area contributed by atoms with E-state index in [-0.39, 0.29) is 0 Å². The molecule has 0 aliphatic heterocycles. The number of nitrogens with zero attached hydrogens (tertiary/aromatic N) is 2. The summed E-state index contributed by atoms with van der Waals surface area (Å²) in [6, 6.07) is 3.50. The minimum atomic E-state index is 0.463. The SMILES string of the molecule is Clc1ccc(-c2ncco2)cn1. The molecule has 2 heterocycles. The summed E-state index contributed by atoms with van der Waals surface area (Å²) in [5.74, 6) is 0.555. The number of rotatable bonds is 1. The van der Waals surface area contributed by atoms with E-state index in [1.54, 1.807) is 24.5 Å². The Morgan fingerprint density at radius 1 is 1.25 bits per heavy atom. The van der Waals surface area contributed by atoms with Crippen molar-refractivity contribution in [2.24, 2.45) is 0 Å². The quantitative estimate of drug-likeness (QED) is 0.633. The molecule has 0 aromatic carbocycles. The first-order chi connectivity index (χ1) is 5.86. The third kappa shape index (κ3) is 1.31. The molecule has 0 spiro atoms. The van der Waals surface area contributed by atoms with E-state index in [1.165, 1.54) is 6.26 Å². The molecule has 0 unspecified atom stereocenters. The zero-order valence-corrected chi connectivity index (χ0v) is 6.82. The van der Waals surface area contributed by atoms with Crippen LogP contribution < -0.4 is 0 Å². The van der Waals surface area contributed by atoms with Crippen molar-refractivity contribution in [3.63, 3.8) is 0 Å². The third-order valence-electron chi connectivity index (χ3n) is 1.41. The summed E-state index contributed by atoms with van der Waals surface area (Å²) in [6.07, 6.45) is 4.72. The van der Waals surface area contributed by atoms with Crippen LogP contribution in [0.25, 0.3) is 11.5 Å². The van der Waals surface area contributed by atoms with Crippen LogP contribution in [0.5, 0.6) is 0 Å². The predicted octanol–water partition coefficient (Wildman–Crippen LogP) is 2.39. The summed E-state index contributed by atoms with van der Waals surface area (Å²) in [5, 5.41) is 0.463. The Morgan fingerprint density at radius 2 is 2.17 bits per heavy atom. The molecule has 0 saturated carbocycles. The highest BCUT2D eigenvalue weighted by atomic mass is 35.5. The fraction of sp³-hybridized carbons (Fsp3) is 0. The maximum absolute atomic E-state index is 5.61. The van der Waals surface area contributed by atoms with E-state index in [0.29, 0.717) is 11.0 Å². The van der Waals surface area contributed by atoms with Gasteiger partial charge in [-0.2, -0.15) is 0 Å². The van der Waals surface area contributed by atoms with Gasteiger partial charge in [0.05, 0.1) is 11.8 Å². The second-order valence-corrected chi connectivity index (χ2v) is 2.59. The normalized spacial score (nSPS) is 10.1. The lowest BCUT2D eigenvalue weighted by atomic mass is 10.3. The predicted molar refractivity (Wildman–Crippen MR) is 44.7 cm³/mol. The molecule has 0 atom stereocenters. The van der Waals surface area contributed by atoms with Gasteiger partial charge in [0.1, 0.15) is 11.4 Å². The molecule has 0 N–H and O–H groups in total. The van der Waals surface area contributed by atoms with Gasteiger partial charge in [-0.05, 0) is 12.1 Å². The van der Waals surface area contributed by atoms with Crippen molar-refractivity contribution in [3.8, 4) is 11.5 Å². The zero-order valence-electron chi connectivity index (χ0n) is 6.07. The van der Waals surface area contributed by atoms with E-state index in [9.17, 15) is 0 Å². The maximum Gasteiger partial charge on any atom is 0.227 e. The second kappa shape index (κ2) is 2.95. The van der Waals surface area contributed by atoms with Crippen LogP contribution in [0.15, 0.2) is 35.2 Å². The highest BCUT2D eigenvalue weighted by Gasteiger charge is 2.00. The molecule has 0 radical (unpaired) electrons. The average Bonchev–Trinajstić information content (AvgIpc) is 2.58. The average molecular weight is 181 g/mol. The monoisotopic (exact) mass is 180 g/mol. The van der Waals surface area contributed by atoms with E-state index in [4.69, 9.17) is 16.0 Å². The Bertz CT molecular complexity index is 355. The van der Waals surface area contributed by atoms with Crippen molar-refractivity contribution in [1.82, 2.24) is 9.97 Å². The second-order valence-electron chi connectivity index (χ2n) is 2.21. The van der Waals surface area contributed by atoms with Crippen LogP contribution in [-0.2, 0) is 0 Å². The first kappa shape index (κ1) is 7.31. The zero-order chi connectivity index (χ0) is 8.39. The summed E-state index contributed by atoms with van der Waals surface area (Å²) in [7, 11) is 0. The number of aromatic nitrogens is 2. The van der Waals surface area contributed by atoms with Crippen molar-refractivity contribution in [1.29, 1.82) is 0 Å². The molecule has 2 aromatic rings. The highest BCUT2D eigenvalue weighted by Crippen LogP contribution is 2.16. The molecule has 3 nitrogen and oxygen atoms in total. The summed E-state index contributed by atoms with van der Waals surface area (Å²) < 4.78 is 5.07. The van der Waals surface area contributed by atoms with Gasteiger partial charge in [0.2, 0.25) is 5.89 Å². The molecule has 0 amide bonds. The van der Waals surface area contributed by atoms with Crippen molar-refractivity contribution >= 4 is 11.6 Å². The molecule has 2 aromatic heterocycles. The lowest BCUT2D eigenvalue weighted by Gasteiger charge is -1.92. The Balaban J connectivity index is 2.43. The fourth-order valence-corrected chi connectivity index (χ4v) is 0.980. The Hall–Kier alpha value is -1.35. The summed E-state index contributed by atoms with van der Waals surface area (Å²) in [6.45, 7) is 0. The van der Waals surface area contributed by atoms with Crippen LogP contribution in [0, 0.1) is 0 Å². The van der Waals surface area contributed by atoms with Crippen molar-refractivity contribution < 1.29 is 4.42 Å². The van der Waals surface area contributed by atoms with Gasteiger partial charge in [0.25, 0.3) is 0 Å². The number of pyridine rings is 1. The molecule has 0 aliphatic rings. The van der Waals surface area contributed by atoms with E-state index < -0.39 is 0 Å². The maximum atomic E-state index is 5.61. The highest BCUT2D eigenvalue weighted by molar-refractivity contribution is 6.29. The molecule has 60 valence electrons. The van der Waals surface area contributed by atoms with Crippen LogP contribution in [-0.4, -0.2) is 9.97 Å². The molecule has 0 aliphatic carbocycles. The van der Waals surface area contributed by atoms with Gasteiger partial charge in [-0.25, -0.2) is 9.97 Å². The smallest absolute Gasteiger partial charge is 0.227 e. The van der Waals surface area contributed by atoms with Crippen LogP contribution in [0.2, 0.25) is 5.15 Å². The summed E-state index contributed by atoms with van der Waals surface area (Å²) in [4.78, 5) is 7.87. The van der Waals surface area contributed by atoms with Crippen LogP contribution in [0.1, 0.15) is 0 Å². The molecule has 2 rings (SSSR count). The third-order valence-corrected chi connectivity index (χ3v) is 1.63. The number of halogens is 1. The topological polar surface area (TPSA) is 38.9 Å². The summed E-state index contributed by atoms with van der Waals surface area (Å²) in [5.41, 5.74) is 0.824. The first-order valence-corrected chi connectivity index (χ1v) is 3.75. The van der Waals surface area contributed by atoms with Gasteiger partial charge < -0.3 is 4.42 Å². The molecule has 0 fully saturated rings. The van der Waals surface area contributed by atoms with Crippen LogP contribution in [0.3, 0.4) is 0 Å². The molecular formula is C8H5ClN2O. The number of oxazole rings is 1. The van der Waals surface area contributed by atoms with Gasteiger partial charge in [-0.15, -0.1) is 0 Å². The molecule has 0 bridgehead atoms. The van der Waals surface area contributed by atoms with Crippen molar-refractivity contribution in [3.05, 3.63) is 35.9 Å². The van der Waals surface area contributed by atoms with Crippen LogP contribution >= 0.6 is 11.6 Å². The van der Waals surface area contributed by atoms with Crippen molar-refractivity contribution in [2.75, 3.05) is 0 Å². The minimum Gasteiger partial charge on any atom is -0.444 e. The van der Waals surface area contributed by atoms with E-state index in [1.807, 2.05) is 0 Å². The van der Waals surface area contributed by atoms with E-state index in [2.05, 4.69) is 9.97 Å². The molecule has 0 saturated heterocycles. The standard InChI is InChI=1S/C8H5ClN2O/c9-7-2-1-6(5-11-7)8-10-3-4-12-8/h1-5H. The van der Waals surface area contributed by atoms with Gasteiger partial charge in [0.15, 0.2) is 0 Å². The fourth-order valence-electron chi connectivity index (χ4n) is 0.868. The Morgan fingerprint density at radius 3 is 2.75 bits per heavy atom. The largest absolute Gasteiger partial charge is 0.444 e. The Kier molecular flexibility index (Phi) is 1.80. The minimum absolute atomic E-state index is 0.463. The lowest BCUT2D eigenvalue weighted by molar-refractivity contribution is 0.574. The van der Waals surface area contributed by atoms with Gasteiger partial charge >= 0.3 is 0 Å². The van der Waals surface area contributed by atoms with Gasteiger partial charge in [-0.1, -0.05) is 11.6 Å². The molecule has 4 heteroatoms. The van der Waals surface area contributed by atoms with Gasteiger partial charge in [-0.3, -0.25) is 0 Å². The van der Waals surface area contributed by atoms with Gasteiger partial charge in [0, 0.05) is 6.20 Å². The summed E-state index contributed by atoms with van der Waals surface area (Å²) >= 11 is 5.61. The molecular weight excluding hydrogens is 176 g/mol. The van der Waals surface area contributed by atoms with E-state index in [0.717, 1.165) is 5.56 Å². The molecule has 12 heavy (non-hydrogen) atoms. The Labute approximate surface area is 74.0 Å². The first-order valence-electron chi connectivity index (χ1n) is 3.38. The number of hydrogen-bond acceptors (Lipinski definition) is 3. The van der Waals surface area contributed by atoms with Crippen LogP contribution in [0.4, 0.5) is 0 Å². The van der Waals surface area contributed by atoms with Crippen molar-refractivity contribution in [2.45, 2.75) is 0 Å². The van der Waals surface area contributed by atoms with E-state index >= 15 is 0 Å². The lowest BCUT2D eigenvalue weighted by Crippen LogP contribution is -1.78. The number of hydrogen-bond donors (Lipinski definition) is 0.